The highest BCUT2D eigenvalue weighted by atomic mass is 16.3. The molecule has 0 saturated heterocycles. The molecule has 1 atom stereocenters. The average molecular weight is 237 g/mol. The Morgan fingerprint density at radius 1 is 1.65 bits per heavy atom. The third kappa shape index (κ3) is 2.52. The summed E-state index contributed by atoms with van der Waals surface area (Å²) in [5.41, 5.74) is 0.600. The third-order valence-electron chi connectivity index (χ3n) is 3.58. The molecule has 4 heteroatoms. The van der Waals surface area contributed by atoms with Crippen molar-refractivity contribution in [3.05, 3.63) is 23.7 Å². The maximum atomic E-state index is 12.0. The first-order chi connectivity index (χ1) is 8.11. The van der Waals surface area contributed by atoms with Crippen molar-refractivity contribution in [1.82, 2.24) is 5.32 Å². The van der Waals surface area contributed by atoms with Crippen molar-refractivity contribution in [1.29, 1.82) is 0 Å². The summed E-state index contributed by atoms with van der Waals surface area (Å²) in [6.07, 6.45) is 3.83. The van der Waals surface area contributed by atoms with Crippen LogP contribution in [-0.4, -0.2) is 23.2 Å². The minimum Gasteiger partial charge on any atom is -0.469 e. The fraction of sp³-hybridized carbons (Fsp3) is 0.615. The zero-order valence-electron chi connectivity index (χ0n) is 10.3. The molecule has 17 heavy (non-hydrogen) atoms. The van der Waals surface area contributed by atoms with Crippen LogP contribution in [0.4, 0.5) is 0 Å². The lowest BCUT2D eigenvalue weighted by molar-refractivity contribution is 0.0232. The van der Waals surface area contributed by atoms with Crippen LogP contribution < -0.4 is 5.32 Å². The number of hydrogen-bond acceptors (Lipinski definition) is 3. The summed E-state index contributed by atoms with van der Waals surface area (Å²) in [7, 11) is 0. The van der Waals surface area contributed by atoms with E-state index in [1.54, 1.807) is 13.0 Å². The molecule has 1 amide bonds. The Kier molecular flexibility index (Phi) is 3.52. The van der Waals surface area contributed by atoms with Gasteiger partial charge in [-0.1, -0.05) is 6.92 Å². The molecule has 0 aromatic carbocycles. The number of carbonyl (C=O) groups is 1. The summed E-state index contributed by atoms with van der Waals surface area (Å²) in [4.78, 5) is 12.0. The molecule has 1 heterocycles. The van der Waals surface area contributed by atoms with Crippen molar-refractivity contribution >= 4 is 5.91 Å². The standard InChI is InChI=1S/C13H19NO3/c1-3-12(9-6-10(15)7-9)14-13(16)11-4-5-17-8(11)2/h4-5,9-10,12,15H,3,6-7H2,1-2H3,(H,14,16)/t9?,10?,12-/m0/s1. The number of carbonyl (C=O) groups excluding carboxylic acids is 1. The van der Waals surface area contributed by atoms with Crippen LogP contribution in [0.2, 0.25) is 0 Å². The van der Waals surface area contributed by atoms with Gasteiger partial charge in [0.2, 0.25) is 0 Å². The highest BCUT2D eigenvalue weighted by Crippen LogP contribution is 2.31. The second kappa shape index (κ2) is 4.92. The lowest BCUT2D eigenvalue weighted by atomic mass is 9.76. The Morgan fingerprint density at radius 2 is 2.35 bits per heavy atom. The van der Waals surface area contributed by atoms with Gasteiger partial charge in [-0.25, -0.2) is 0 Å². The topological polar surface area (TPSA) is 62.5 Å². The van der Waals surface area contributed by atoms with Gasteiger partial charge in [0, 0.05) is 6.04 Å². The monoisotopic (exact) mass is 237 g/mol. The van der Waals surface area contributed by atoms with Gasteiger partial charge >= 0.3 is 0 Å². The van der Waals surface area contributed by atoms with E-state index in [4.69, 9.17) is 4.42 Å². The maximum Gasteiger partial charge on any atom is 0.255 e. The quantitative estimate of drug-likeness (QED) is 0.840. The van der Waals surface area contributed by atoms with Crippen molar-refractivity contribution < 1.29 is 14.3 Å². The molecule has 1 aliphatic rings. The first-order valence-corrected chi connectivity index (χ1v) is 6.14. The summed E-state index contributed by atoms with van der Waals surface area (Å²) >= 11 is 0. The molecule has 0 aliphatic heterocycles. The van der Waals surface area contributed by atoms with Crippen LogP contribution in [0.25, 0.3) is 0 Å². The van der Waals surface area contributed by atoms with E-state index in [9.17, 15) is 9.90 Å². The lowest BCUT2D eigenvalue weighted by Gasteiger charge is -2.37. The van der Waals surface area contributed by atoms with Gasteiger partial charge in [-0.3, -0.25) is 4.79 Å². The molecule has 1 fully saturated rings. The Morgan fingerprint density at radius 3 is 2.82 bits per heavy atom. The molecule has 0 radical (unpaired) electrons. The molecular formula is C13H19NO3. The van der Waals surface area contributed by atoms with Crippen LogP contribution in [0.5, 0.6) is 0 Å². The van der Waals surface area contributed by atoms with Gasteiger partial charge < -0.3 is 14.8 Å². The molecule has 0 bridgehead atoms. The molecule has 4 nitrogen and oxygen atoms in total. The van der Waals surface area contributed by atoms with Gasteiger partial charge in [0.1, 0.15) is 5.76 Å². The zero-order valence-corrected chi connectivity index (χ0v) is 10.3. The predicted molar refractivity (Wildman–Crippen MR) is 63.7 cm³/mol. The highest BCUT2D eigenvalue weighted by Gasteiger charge is 2.34. The Balaban J connectivity index is 1.95. The average Bonchev–Trinajstić information content (AvgIpc) is 2.68. The van der Waals surface area contributed by atoms with Gasteiger partial charge in [0.05, 0.1) is 17.9 Å². The normalized spacial score (nSPS) is 25.1. The summed E-state index contributed by atoms with van der Waals surface area (Å²) in [6, 6.07) is 1.84. The second-order valence-corrected chi connectivity index (χ2v) is 4.76. The van der Waals surface area contributed by atoms with Gasteiger partial charge in [-0.15, -0.1) is 0 Å². The molecule has 1 saturated carbocycles. The summed E-state index contributed by atoms with van der Waals surface area (Å²) < 4.78 is 5.12. The molecule has 1 aliphatic carbocycles. The SMILES string of the molecule is CC[C@H](NC(=O)c1ccoc1C)C1CC(O)C1. The Hall–Kier alpha value is -1.29. The van der Waals surface area contributed by atoms with Crippen LogP contribution in [-0.2, 0) is 0 Å². The van der Waals surface area contributed by atoms with Crippen LogP contribution in [0.1, 0.15) is 42.3 Å². The zero-order chi connectivity index (χ0) is 12.4. The lowest BCUT2D eigenvalue weighted by Crippen LogP contribution is -2.46. The fourth-order valence-electron chi connectivity index (χ4n) is 2.38. The van der Waals surface area contributed by atoms with Crippen molar-refractivity contribution in [3.63, 3.8) is 0 Å². The van der Waals surface area contributed by atoms with Crippen molar-refractivity contribution in [2.45, 2.75) is 45.3 Å². The van der Waals surface area contributed by atoms with Crippen molar-refractivity contribution in [3.8, 4) is 0 Å². The molecule has 1 aromatic rings. The first kappa shape index (κ1) is 12.2. The van der Waals surface area contributed by atoms with Crippen molar-refractivity contribution in [2.75, 3.05) is 0 Å². The third-order valence-corrected chi connectivity index (χ3v) is 3.58. The smallest absolute Gasteiger partial charge is 0.255 e. The number of aliphatic hydroxyl groups is 1. The van der Waals surface area contributed by atoms with Crippen molar-refractivity contribution in [2.24, 2.45) is 5.92 Å². The number of rotatable bonds is 4. The van der Waals surface area contributed by atoms with Gasteiger partial charge in [-0.2, -0.15) is 0 Å². The minimum atomic E-state index is -0.179. The van der Waals surface area contributed by atoms with Gasteiger partial charge in [0.15, 0.2) is 0 Å². The number of amides is 1. The molecule has 0 spiro atoms. The predicted octanol–water partition coefficient (Wildman–Crippen LogP) is 1.87. The Bertz CT molecular complexity index is 393. The highest BCUT2D eigenvalue weighted by molar-refractivity contribution is 5.95. The maximum absolute atomic E-state index is 12.0. The van der Waals surface area contributed by atoms with E-state index in [-0.39, 0.29) is 18.1 Å². The van der Waals surface area contributed by atoms with E-state index in [2.05, 4.69) is 12.2 Å². The van der Waals surface area contributed by atoms with Crippen LogP contribution in [0.15, 0.2) is 16.7 Å². The molecule has 94 valence electrons. The van der Waals surface area contributed by atoms with Gasteiger partial charge in [-0.05, 0) is 38.2 Å². The summed E-state index contributed by atoms with van der Waals surface area (Å²) in [6.45, 7) is 3.83. The summed E-state index contributed by atoms with van der Waals surface area (Å²) in [5, 5.41) is 12.3. The Labute approximate surface area is 101 Å². The molecular weight excluding hydrogens is 218 g/mol. The molecule has 0 unspecified atom stereocenters. The fourth-order valence-corrected chi connectivity index (χ4v) is 2.38. The largest absolute Gasteiger partial charge is 0.469 e. The van der Waals surface area contributed by atoms with E-state index < -0.39 is 0 Å². The van der Waals surface area contributed by atoms with E-state index in [1.165, 1.54) is 6.26 Å². The number of furan rings is 1. The van der Waals surface area contributed by atoms with E-state index >= 15 is 0 Å². The van der Waals surface area contributed by atoms with E-state index in [0.717, 1.165) is 19.3 Å². The number of hydrogen-bond donors (Lipinski definition) is 2. The van der Waals surface area contributed by atoms with Crippen LogP contribution in [0, 0.1) is 12.8 Å². The summed E-state index contributed by atoms with van der Waals surface area (Å²) in [5.74, 6) is 0.974. The number of nitrogens with one attached hydrogen (secondary N) is 1. The molecule has 2 rings (SSSR count). The second-order valence-electron chi connectivity index (χ2n) is 4.76. The van der Waals surface area contributed by atoms with Crippen LogP contribution in [0.3, 0.4) is 0 Å². The van der Waals surface area contributed by atoms with Crippen LogP contribution >= 0.6 is 0 Å². The first-order valence-electron chi connectivity index (χ1n) is 6.14. The van der Waals surface area contributed by atoms with Gasteiger partial charge in [0.25, 0.3) is 5.91 Å². The number of aryl methyl sites for hydroxylation is 1. The molecule has 1 aromatic heterocycles. The minimum absolute atomic E-state index is 0.0792. The molecule has 2 N–H and O–H groups in total. The van der Waals surface area contributed by atoms with E-state index in [1.807, 2.05) is 0 Å². The van der Waals surface area contributed by atoms with E-state index in [0.29, 0.717) is 17.2 Å². The number of aliphatic hydroxyl groups excluding tert-OH is 1.